The van der Waals surface area contributed by atoms with Crippen molar-refractivity contribution in [3.8, 4) is 0 Å². The van der Waals surface area contributed by atoms with Crippen molar-refractivity contribution in [1.82, 2.24) is 0 Å². The summed E-state index contributed by atoms with van der Waals surface area (Å²) in [6.07, 6.45) is 4.42. The number of ketones is 1. The van der Waals surface area contributed by atoms with Gasteiger partial charge in [0.1, 0.15) is 5.76 Å². The lowest BCUT2D eigenvalue weighted by molar-refractivity contribution is -0.113. The average molecular weight is 257 g/mol. The molecule has 1 rings (SSSR count). The van der Waals surface area contributed by atoms with Crippen LogP contribution in [0, 0.1) is 0 Å². The van der Waals surface area contributed by atoms with Gasteiger partial charge >= 0.3 is 0 Å². The first-order chi connectivity index (χ1) is 6.70. The first-order valence-electron chi connectivity index (χ1n) is 4.47. The summed E-state index contributed by atoms with van der Waals surface area (Å²) in [7, 11) is 0. The molecule has 1 fully saturated rings. The average Bonchev–Trinajstić information content (AvgIpc) is 2.60. The highest BCUT2D eigenvalue weighted by Crippen LogP contribution is 2.26. The third-order valence-electron chi connectivity index (χ3n) is 1.97. The van der Waals surface area contributed by atoms with E-state index < -0.39 is 0 Å². The van der Waals surface area contributed by atoms with Crippen LogP contribution in [0.25, 0.3) is 0 Å². The fraction of sp³-hybridized carbons (Fsp3) is 0.364. The molecular weight excluding hydrogens is 244 g/mol. The molecule has 2 nitrogen and oxygen atoms in total. The molecule has 0 aromatic heterocycles. The molecule has 0 aromatic carbocycles. The number of ether oxygens (including phenoxy) is 1. The predicted molar refractivity (Wildman–Crippen MR) is 60.4 cm³/mol. The molecule has 0 N–H and O–H groups in total. The summed E-state index contributed by atoms with van der Waals surface area (Å²) in [5, 5.41) is 0.312. The van der Waals surface area contributed by atoms with Crippen LogP contribution in [-0.4, -0.2) is 17.7 Å². The van der Waals surface area contributed by atoms with Gasteiger partial charge in [0, 0.05) is 6.42 Å². The number of Topliss-reactive ketones (excluding diaryl/α,β-unsaturated/α-hetero) is 1. The van der Waals surface area contributed by atoms with Gasteiger partial charge in [-0.2, -0.15) is 0 Å². The molecule has 0 atom stereocenters. The van der Waals surface area contributed by atoms with Gasteiger partial charge in [0.25, 0.3) is 0 Å². The Hall–Kier alpha value is -0.830. The van der Waals surface area contributed by atoms with Gasteiger partial charge in [-0.05, 0) is 12.5 Å². The maximum absolute atomic E-state index is 11.6. The number of halogens is 1. The highest BCUT2D eigenvalue weighted by molar-refractivity contribution is 9.09. The number of carbonyl (C=O) groups is 1. The lowest BCUT2D eigenvalue weighted by Gasteiger charge is -2.04. The quantitative estimate of drug-likeness (QED) is 0.574. The van der Waals surface area contributed by atoms with Crippen LogP contribution in [0.2, 0.25) is 0 Å². The standard InChI is InChI=1S/C11H13BrO2/c1-3-4-9(10(13)7-12)11-8(2)5-6-14-11/h3-4H,2,5-7H2,1H3. The monoisotopic (exact) mass is 256 g/mol. The molecule has 0 saturated carbocycles. The van der Waals surface area contributed by atoms with Gasteiger partial charge in [0.15, 0.2) is 5.78 Å². The molecule has 76 valence electrons. The van der Waals surface area contributed by atoms with Crippen molar-refractivity contribution in [3.63, 3.8) is 0 Å². The smallest absolute Gasteiger partial charge is 0.177 e. The van der Waals surface area contributed by atoms with E-state index in [-0.39, 0.29) is 5.78 Å². The SMILES string of the molecule is C=C1CCOC1=C(C=CC)C(=O)CBr. The van der Waals surface area contributed by atoms with Crippen LogP contribution in [0.4, 0.5) is 0 Å². The zero-order chi connectivity index (χ0) is 10.6. The van der Waals surface area contributed by atoms with Crippen LogP contribution in [-0.2, 0) is 9.53 Å². The second kappa shape index (κ2) is 5.15. The maximum atomic E-state index is 11.6. The molecule has 0 aromatic rings. The second-order valence-corrected chi connectivity index (χ2v) is 3.56. The maximum Gasteiger partial charge on any atom is 0.177 e. The summed E-state index contributed by atoms with van der Waals surface area (Å²) < 4.78 is 5.39. The zero-order valence-electron chi connectivity index (χ0n) is 8.18. The minimum Gasteiger partial charge on any atom is -0.492 e. The molecule has 3 heteroatoms. The molecular formula is C11H13BrO2. The van der Waals surface area contributed by atoms with Gasteiger partial charge in [-0.1, -0.05) is 34.7 Å². The molecule has 0 radical (unpaired) electrons. The van der Waals surface area contributed by atoms with Crippen molar-refractivity contribution < 1.29 is 9.53 Å². The van der Waals surface area contributed by atoms with Gasteiger partial charge in [-0.15, -0.1) is 0 Å². The Labute approximate surface area is 92.5 Å². The molecule has 1 saturated heterocycles. The lowest BCUT2D eigenvalue weighted by atomic mass is 10.1. The van der Waals surface area contributed by atoms with Crippen LogP contribution in [0.15, 0.2) is 35.6 Å². The Morgan fingerprint density at radius 3 is 2.86 bits per heavy atom. The second-order valence-electron chi connectivity index (χ2n) is 3.00. The molecule has 0 unspecified atom stereocenters. The summed E-state index contributed by atoms with van der Waals surface area (Å²) in [5.41, 5.74) is 1.53. The van der Waals surface area contributed by atoms with Crippen molar-refractivity contribution >= 4 is 21.7 Å². The number of allylic oxidation sites excluding steroid dienone is 4. The van der Waals surface area contributed by atoms with E-state index in [0.717, 1.165) is 12.0 Å². The van der Waals surface area contributed by atoms with E-state index in [1.165, 1.54) is 0 Å². The fourth-order valence-corrected chi connectivity index (χ4v) is 1.60. The van der Waals surface area contributed by atoms with Crippen LogP contribution in [0.3, 0.4) is 0 Å². The topological polar surface area (TPSA) is 26.3 Å². The number of hydrogen-bond acceptors (Lipinski definition) is 2. The fourth-order valence-electron chi connectivity index (χ4n) is 1.29. The van der Waals surface area contributed by atoms with Gasteiger partial charge in [0.2, 0.25) is 0 Å². The highest BCUT2D eigenvalue weighted by Gasteiger charge is 2.20. The van der Waals surface area contributed by atoms with Gasteiger partial charge in [-0.25, -0.2) is 0 Å². The highest BCUT2D eigenvalue weighted by atomic mass is 79.9. The van der Waals surface area contributed by atoms with Crippen LogP contribution in [0.5, 0.6) is 0 Å². The normalized spacial score (nSPS) is 20.0. The Balaban J connectivity index is 3.07. The van der Waals surface area contributed by atoms with E-state index in [4.69, 9.17) is 4.74 Å². The lowest BCUT2D eigenvalue weighted by Crippen LogP contribution is -2.05. The Kier molecular flexibility index (Phi) is 4.14. The minimum atomic E-state index is 0.0288. The van der Waals surface area contributed by atoms with Crippen molar-refractivity contribution in [3.05, 3.63) is 35.6 Å². The Morgan fingerprint density at radius 2 is 2.43 bits per heavy atom. The summed E-state index contributed by atoms with van der Waals surface area (Å²) in [5.74, 6) is 0.689. The summed E-state index contributed by atoms with van der Waals surface area (Å²) >= 11 is 3.15. The van der Waals surface area contributed by atoms with E-state index in [2.05, 4.69) is 22.5 Å². The summed E-state index contributed by atoms with van der Waals surface area (Å²) in [6, 6.07) is 0. The van der Waals surface area contributed by atoms with Crippen molar-refractivity contribution in [2.24, 2.45) is 0 Å². The molecule has 1 aliphatic rings. The molecule has 1 aliphatic heterocycles. The van der Waals surface area contributed by atoms with E-state index in [1.54, 1.807) is 6.08 Å². The van der Waals surface area contributed by atoms with E-state index in [9.17, 15) is 4.79 Å². The van der Waals surface area contributed by atoms with Gasteiger partial charge in [0.05, 0.1) is 17.5 Å². The molecule has 0 aliphatic carbocycles. The van der Waals surface area contributed by atoms with Crippen LogP contribution < -0.4 is 0 Å². The molecule has 0 amide bonds. The van der Waals surface area contributed by atoms with Gasteiger partial charge in [-0.3, -0.25) is 4.79 Å². The molecule has 0 bridgehead atoms. The molecule has 0 spiro atoms. The Bertz CT molecular complexity index is 313. The first-order valence-corrected chi connectivity index (χ1v) is 5.60. The number of hydrogen-bond donors (Lipinski definition) is 0. The summed E-state index contributed by atoms with van der Waals surface area (Å²) in [6.45, 7) is 6.38. The largest absolute Gasteiger partial charge is 0.492 e. The van der Waals surface area contributed by atoms with Gasteiger partial charge < -0.3 is 4.74 Å². The number of carbonyl (C=O) groups excluding carboxylic acids is 1. The minimum absolute atomic E-state index is 0.0288. The van der Waals surface area contributed by atoms with E-state index in [1.807, 2.05) is 13.0 Å². The Morgan fingerprint density at radius 1 is 1.71 bits per heavy atom. The third kappa shape index (κ3) is 2.35. The number of alkyl halides is 1. The van der Waals surface area contributed by atoms with Crippen LogP contribution in [0.1, 0.15) is 13.3 Å². The van der Waals surface area contributed by atoms with E-state index in [0.29, 0.717) is 23.3 Å². The van der Waals surface area contributed by atoms with Crippen molar-refractivity contribution in [2.75, 3.05) is 11.9 Å². The molecule has 1 heterocycles. The zero-order valence-corrected chi connectivity index (χ0v) is 9.76. The van der Waals surface area contributed by atoms with Crippen molar-refractivity contribution in [2.45, 2.75) is 13.3 Å². The van der Waals surface area contributed by atoms with E-state index >= 15 is 0 Å². The number of rotatable bonds is 3. The summed E-state index contributed by atoms with van der Waals surface area (Å²) in [4.78, 5) is 11.6. The predicted octanol–water partition coefficient (Wildman–Crippen LogP) is 2.76. The molecule has 14 heavy (non-hydrogen) atoms. The first kappa shape index (κ1) is 11.2. The van der Waals surface area contributed by atoms with Crippen molar-refractivity contribution in [1.29, 1.82) is 0 Å². The van der Waals surface area contributed by atoms with Crippen LogP contribution >= 0.6 is 15.9 Å². The third-order valence-corrected chi connectivity index (χ3v) is 2.48.